The van der Waals surface area contributed by atoms with Crippen LogP contribution in [0.3, 0.4) is 0 Å². The van der Waals surface area contributed by atoms with Gasteiger partial charge in [-0.25, -0.2) is 0 Å². The van der Waals surface area contributed by atoms with E-state index < -0.39 is 10.9 Å². The highest BCUT2D eigenvalue weighted by Crippen LogP contribution is 2.25. The van der Waals surface area contributed by atoms with Gasteiger partial charge in [-0.2, -0.15) is 0 Å². The van der Waals surface area contributed by atoms with Gasteiger partial charge in [0.1, 0.15) is 0 Å². The Balaban J connectivity index is 3.08. The maximum Gasteiger partial charge on any atom is 0.307 e. The highest BCUT2D eigenvalue weighted by Gasteiger charge is 2.11. The summed E-state index contributed by atoms with van der Waals surface area (Å²) in [5.74, 6) is -0.945. The zero-order valence-electron chi connectivity index (χ0n) is 7.97. The lowest BCUT2D eigenvalue weighted by molar-refractivity contribution is -0.385. The second-order valence-electron chi connectivity index (χ2n) is 2.82. The minimum absolute atomic E-state index is 0.0199. The molecular weight excluding hydrogens is 218 g/mol. The van der Waals surface area contributed by atoms with E-state index in [4.69, 9.17) is 5.11 Å². The van der Waals surface area contributed by atoms with Crippen LogP contribution in [0.5, 0.6) is 0 Å². The van der Waals surface area contributed by atoms with Crippen LogP contribution in [0, 0.1) is 10.1 Å². The van der Waals surface area contributed by atoms with Crippen LogP contribution in [0.25, 0.3) is 0 Å². The molecular formula is C9H9NO4S. The van der Waals surface area contributed by atoms with Gasteiger partial charge in [0.15, 0.2) is 0 Å². The second kappa shape index (κ2) is 4.79. The minimum Gasteiger partial charge on any atom is -0.481 e. The van der Waals surface area contributed by atoms with Gasteiger partial charge in [0.05, 0.1) is 11.3 Å². The largest absolute Gasteiger partial charge is 0.481 e. The Hall–Kier alpha value is -1.56. The van der Waals surface area contributed by atoms with Crippen LogP contribution >= 0.6 is 11.8 Å². The zero-order chi connectivity index (χ0) is 11.4. The van der Waals surface area contributed by atoms with Crippen molar-refractivity contribution < 1.29 is 14.8 Å². The summed E-state index contributed by atoms with van der Waals surface area (Å²) >= 11 is 1.30. The van der Waals surface area contributed by atoms with Crippen molar-refractivity contribution in [3.8, 4) is 0 Å². The van der Waals surface area contributed by atoms with Gasteiger partial charge in [0, 0.05) is 17.0 Å². The topological polar surface area (TPSA) is 80.4 Å². The SMILES string of the molecule is CSc1cc([N+](=O)[O-])ccc1CC(=O)O. The third kappa shape index (κ3) is 2.95. The molecule has 0 aromatic heterocycles. The van der Waals surface area contributed by atoms with Crippen LogP contribution < -0.4 is 0 Å². The average molecular weight is 227 g/mol. The number of carboxylic acid groups (broad SMARTS) is 1. The number of benzene rings is 1. The molecule has 1 aromatic carbocycles. The first kappa shape index (κ1) is 11.5. The number of carboxylic acids is 1. The van der Waals surface area contributed by atoms with Crippen molar-refractivity contribution in [3.63, 3.8) is 0 Å². The highest BCUT2D eigenvalue weighted by atomic mass is 32.2. The van der Waals surface area contributed by atoms with Gasteiger partial charge in [-0.05, 0) is 11.8 Å². The fraction of sp³-hybridized carbons (Fsp3) is 0.222. The first-order valence-corrected chi connectivity index (χ1v) is 5.30. The maximum atomic E-state index is 10.5. The lowest BCUT2D eigenvalue weighted by atomic mass is 10.1. The van der Waals surface area contributed by atoms with E-state index in [-0.39, 0.29) is 12.1 Å². The Morgan fingerprint density at radius 2 is 2.27 bits per heavy atom. The quantitative estimate of drug-likeness (QED) is 0.483. The summed E-state index contributed by atoms with van der Waals surface area (Å²) in [6, 6.07) is 4.19. The number of rotatable bonds is 4. The van der Waals surface area contributed by atoms with Gasteiger partial charge in [-0.15, -0.1) is 11.8 Å². The molecule has 0 aliphatic rings. The number of hydrogen-bond donors (Lipinski definition) is 1. The first-order chi connectivity index (χ1) is 7.04. The summed E-state index contributed by atoms with van der Waals surface area (Å²) in [7, 11) is 0. The Morgan fingerprint density at radius 1 is 1.60 bits per heavy atom. The van der Waals surface area contributed by atoms with E-state index in [1.54, 1.807) is 6.26 Å². The molecule has 0 aliphatic carbocycles. The maximum absolute atomic E-state index is 10.5. The molecule has 0 spiro atoms. The number of nitro benzene ring substituents is 1. The molecule has 6 heteroatoms. The van der Waals surface area contributed by atoms with Crippen molar-refractivity contribution in [3.05, 3.63) is 33.9 Å². The minimum atomic E-state index is -0.945. The van der Waals surface area contributed by atoms with Crippen molar-refractivity contribution in [1.82, 2.24) is 0 Å². The number of aliphatic carboxylic acids is 1. The molecule has 80 valence electrons. The molecule has 15 heavy (non-hydrogen) atoms. The molecule has 1 rings (SSSR count). The summed E-state index contributed by atoms with van der Waals surface area (Å²) < 4.78 is 0. The van der Waals surface area contributed by atoms with Crippen LogP contribution in [0.4, 0.5) is 5.69 Å². The third-order valence-corrected chi connectivity index (χ3v) is 2.64. The van der Waals surface area contributed by atoms with Crippen LogP contribution in [0.2, 0.25) is 0 Å². The molecule has 0 amide bonds. The van der Waals surface area contributed by atoms with E-state index in [0.717, 1.165) is 0 Å². The van der Waals surface area contributed by atoms with Gasteiger partial charge in [0.25, 0.3) is 5.69 Å². The standard InChI is InChI=1S/C9H9NO4S/c1-15-8-5-7(10(13)14)3-2-6(8)4-9(11)12/h2-3,5H,4H2,1H3,(H,11,12). The zero-order valence-corrected chi connectivity index (χ0v) is 8.78. The van der Waals surface area contributed by atoms with Gasteiger partial charge in [0.2, 0.25) is 0 Å². The van der Waals surface area contributed by atoms with Crippen molar-refractivity contribution in [2.24, 2.45) is 0 Å². The number of carbonyl (C=O) groups is 1. The average Bonchev–Trinajstić information content (AvgIpc) is 2.17. The summed E-state index contributed by atoms with van der Waals surface area (Å²) in [6.45, 7) is 0. The number of nitro groups is 1. The molecule has 0 heterocycles. The predicted molar refractivity (Wildman–Crippen MR) is 56.2 cm³/mol. The fourth-order valence-electron chi connectivity index (χ4n) is 1.16. The molecule has 0 atom stereocenters. The Bertz CT molecular complexity index is 405. The fourth-order valence-corrected chi connectivity index (χ4v) is 1.80. The van der Waals surface area contributed by atoms with Crippen LogP contribution in [0.1, 0.15) is 5.56 Å². The summed E-state index contributed by atoms with van der Waals surface area (Å²) in [4.78, 5) is 21.1. The van der Waals surface area contributed by atoms with E-state index in [9.17, 15) is 14.9 Å². The Kier molecular flexibility index (Phi) is 3.68. The molecule has 0 unspecified atom stereocenters. The van der Waals surface area contributed by atoms with Gasteiger partial charge in [-0.1, -0.05) is 6.07 Å². The Morgan fingerprint density at radius 3 is 2.73 bits per heavy atom. The van der Waals surface area contributed by atoms with Crippen molar-refractivity contribution in [2.45, 2.75) is 11.3 Å². The second-order valence-corrected chi connectivity index (χ2v) is 3.67. The van der Waals surface area contributed by atoms with Crippen LogP contribution in [0.15, 0.2) is 23.1 Å². The molecule has 5 nitrogen and oxygen atoms in total. The summed E-state index contributed by atoms with van der Waals surface area (Å²) in [5, 5.41) is 19.1. The highest BCUT2D eigenvalue weighted by molar-refractivity contribution is 7.98. The third-order valence-electron chi connectivity index (χ3n) is 1.82. The molecule has 0 saturated carbocycles. The van der Waals surface area contributed by atoms with Crippen molar-refractivity contribution >= 4 is 23.4 Å². The normalized spacial score (nSPS) is 9.93. The molecule has 0 bridgehead atoms. The summed E-state index contributed by atoms with van der Waals surface area (Å²) in [5.41, 5.74) is 0.578. The van der Waals surface area contributed by atoms with E-state index in [0.29, 0.717) is 10.5 Å². The Labute approximate surface area is 90.3 Å². The lowest BCUT2D eigenvalue weighted by Gasteiger charge is -2.04. The molecule has 0 radical (unpaired) electrons. The monoisotopic (exact) mass is 227 g/mol. The number of non-ortho nitro benzene ring substituents is 1. The van der Waals surface area contributed by atoms with Crippen LogP contribution in [-0.2, 0) is 11.2 Å². The first-order valence-electron chi connectivity index (χ1n) is 4.07. The molecule has 1 N–H and O–H groups in total. The van der Waals surface area contributed by atoms with Gasteiger partial charge < -0.3 is 5.11 Å². The van der Waals surface area contributed by atoms with E-state index in [2.05, 4.69) is 0 Å². The van der Waals surface area contributed by atoms with E-state index >= 15 is 0 Å². The number of hydrogen-bond acceptors (Lipinski definition) is 4. The molecule has 1 aromatic rings. The molecule has 0 aliphatic heterocycles. The predicted octanol–water partition coefficient (Wildman–Crippen LogP) is 1.94. The lowest BCUT2D eigenvalue weighted by Crippen LogP contribution is -2.01. The number of nitrogens with zero attached hydrogens (tertiary/aromatic N) is 1. The molecule has 0 saturated heterocycles. The smallest absolute Gasteiger partial charge is 0.307 e. The van der Waals surface area contributed by atoms with E-state index in [1.807, 2.05) is 0 Å². The van der Waals surface area contributed by atoms with Crippen molar-refractivity contribution in [2.75, 3.05) is 6.26 Å². The molecule has 0 fully saturated rings. The van der Waals surface area contributed by atoms with Crippen LogP contribution in [-0.4, -0.2) is 22.3 Å². The van der Waals surface area contributed by atoms with Gasteiger partial charge >= 0.3 is 5.97 Å². The van der Waals surface area contributed by atoms with Gasteiger partial charge in [-0.3, -0.25) is 14.9 Å². The summed E-state index contributed by atoms with van der Waals surface area (Å²) in [6.07, 6.45) is 1.64. The van der Waals surface area contributed by atoms with Crippen molar-refractivity contribution in [1.29, 1.82) is 0 Å². The number of thioether (sulfide) groups is 1. The van der Waals surface area contributed by atoms with E-state index in [1.165, 1.54) is 30.0 Å².